The summed E-state index contributed by atoms with van der Waals surface area (Å²) < 4.78 is 25.6. The van der Waals surface area contributed by atoms with Gasteiger partial charge in [-0.1, -0.05) is 0 Å². The first-order valence-electron chi connectivity index (χ1n) is 5.72. The number of methoxy groups -OCH3 is 2. The quantitative estimate of drug-likeness (QED) is 0.918. The lowest BCUT2D eigenvalue weighted by Gasteiger charge is -2.12. The molecular weight excluding hydrogens is 249 g/mol. The van der Waals surface area contributed by atoms with Crippen LogP contribution in [0.4, 0.5) is 10.2 Å². The molecule has 0 spiro atoms. The molecule has 5 nitrogen and oxygen atoms in total. The largest absolute Gasteiger partial charge is 0.496 e. The Labute approximate surface area is 110 Å². The van der Waals surface area contributed by atoms with Crippen LogP contribution in [0.5, 0.6) is 5.75 Å². The Morgan fingerprint density at radius 2 is 2.11 bits per heavy atom. The van der Waals surface area contributed by atoms with E-state index in [0.717, 1.165) is 0 Å². The van der Waals surface area contributed by atoms with Gasteiger partial charge >= 0.3 is 0 Å². The van der Waals surface area contributed by atoms with E-state index in [4.69, 9.17) is 15.2 Å². The van der Waals surface area contributed by atoms with E-state index in [2.05, 4.69) is 5.10 Å². The smallest absolute Gasteiger partial charge is 0.136 e. The number of nitrogens with zero attached hydrogens (tertiary/aromatic N) is 2. The second-order valence-corrected chi connectivity index (χ2v) is 4.12. The molecule has 102 valence electrons. The maximum Gasteiger partial charge on any atom is 0.136 e. The van der Waals surface area contributed by atoms with Crippen LogP contribution in [-0.2, 0) is 18.4 Å². The minimum Gasteiger partial charge on any atom is -0.496 e. The first-order valence-corrected chi connectivity index (χ1v) is 5.72. The monoisotopic (exact) mass is 265 g/mol. The molecule has 0 amide bonds. The number of nitrogen functional groups attached to an aromatic ring is 1. The molecule has 2 aromatic rings. The maximum absolute atomic E-state index is 13.8. The molecule has 2 rings (SSSR count). The van der Waals surface area contributed by atoms with Crippen LogP contribution in [0.1, 0.15) is 5.56 Å². The zero-order valence-electron chi connectivity index (χ0n) is 11.1. The molecule has 2 N–H and O–H groups in total. The molecule has 0 aliphatic carbocycles. The molecule has 1 aromatic carbocycles. The highest BCUT2D eigenvalue weighted by Crippen LogP contribution is 2.34. The molecule has 0 saturated carbocycles. The number of anilines is 1. The van der Waals surface area contributed by atoms with Crippen LogP contribution >= 0.6 is 0 Å². The van der Waals surface area contributed by atoms with Crippen LogP contribution in [0.3, 0.4) is 0 Å². The highest BCUT2D eigenvalue weighted by molar-refractivity contribution is 5.71. The van der Waals surface area contributed by atoms with Crippen LogP contribution in [0.15, 0.2) is 18.2 Å². The van der Waals surface area contributed by atoms with Gasteiger partial charge in [-0.25, -0.2) is 4.39 Å². The Morgan fingerprint density at radius 1 is 1.37 bits per heavy atom. The van der Waals surface area contributed by atoms with Crippen molar-refractivity contribution >= 4 is 5.82 Å². The zero-order valence-corrected chi connectivity index (χ0v) is 11.1. The van der Waals surface area contributed by atoms with Gasteiger partial charge in [0.1, 0.15) is 17.4 Å². The lowest BCUT2D eigenvalue weighted by atomic mass is 10.1. The van der Waals surface area contributed by atoms with Crippen molar-refractivity contribution in [3.8, 4) is 17.0 Å². The second kappa shape index (κ2) is 5.27. The van der Waals surface area contributed by atoms with Crippen molar-refractivity contribution in [3.63, 3.8) is 0 Å². The molecule has 0 aliphatic rings. The summed E-state index contributed by atoms with van der Waals surface area (Å²) in [6.07, 6.45) is 0. The average Bonchev–Trinajstić information content (AvgIpc) is 2.72. The topological polar surface area (TPSA) is 62.3 Å². The number of aryl methyl sites for hydroxylation is 1. The third kappa shape index (κ3) is 2.39. The van der Waals surface area contributed by atoms with Crippen LogP contribution < -0.4 is 10.5 Å². The molecule has 1 aromatic heterocycles. The normalized spacial score (nSPS) is 10.7. The Morgan fingerprint density at radius 3 is 2.63 bits per heavy atom. The van der Waals surface area contributed by atoms with Crippen molar-refractivity contribution < 1.29 is 13.9 Å². The van der Waals surface area contributed by atoms with E-state index in [0.29, 0.717) is 28.4 Å². The summed E-state index contributed by atoms with van der Waals surface area (Å²) in [5, 5.41) is 4.27. The predicted molar refractivity (Wildman–Crippen MR) is 70.3 cm³/mol. The summed E-state index contributed by atoms with van der Waals surface area (Å²) in [6, 6.07) is 4.71. The van der Waals surface area contributed by atoms with Gasteiger partial charge in [0, 0.05) is 25.8 Å². The third-order valence-corrected chi connectivity index (χ3v) is 2.89. The molecule has 0 aliphatic heterocycles. The Balaban J connectivity index is 2.60. The van der Waals surface area contributed by atoms with Gasteiger partial charge in [-0.05, 0) is 12.1 Å². The van der Waals surface area contributed by atoms with Gasteiger partial charge in [0.25, 0.3) is 0 Å². The molecule has 0 atom stereocenters. The van der Waals surface area contributed by atoms with Gasteiger partial charge in [0.2, 0.25) is 0 Å². The number of halogens is 1. The number of aromatic nitrogens is 2. The summed E-state index contributed by atoms with van der Waals surface area (Å²) in [6.45, 7) is 0.130. The van der Waals surface area contributed by atoms with Gasteiger partial charge in [0.05, 0.1) is 25.0 Å². The van der Waals surface area contributed by atoms with Crippen molar-refractivity contribution in [1.82, 2.24) is 9.78 Å². The standard InChI is InChI=1S/C13H16FN3O2/c1-17-12(15)6-11(16-17)8-4-5-10(14)9(7-18-2)13(8)19-3/h4-6H,7,15H2,1-3H3. The van der Waals surface area contributed by atoms with Crippen molar-refractivity contribution in [2.75, 3.05) is 20.0 Å². The summed E-state index contributed by atoms with van der Waals surface area (Å²) in [7, 11) is 4.74. The number of hydrogen-bond donors (Lipinski definition) is 1. The molecule has 6 heteroatoms. The molecule has 19 heavy (non-hydrogen) atoms. The van der Waals surface area contributed by atoms with Gasteiger partial charge < -0.3 is 15.2 Å². The molecule has 0 unspecified atom stereocenters. The molecule has 1 heterocycles. The molecule has 0 fully saturated rings. The Kier molecular flexibility index (Phi) is 3.71. The lowest BCUT2D eigenvalue weighted by Crippen LogP contribution is -2.00. The number of rotatable bonds is 4. The minimum absolute atomic E-state index is 0.130. The zero-order chi connectivity index (χ0) is 14.0. The van der Waals surface area contributed by atoms with Gasteiger partial charge in [0.15, 0.2) is 0 Å². The fraction of sp³-hybridized carbons (Fsp3) is 0.308. The summed E-state index contributed by atoms with van der Waals surface area (Å²) >= 11 is 0. The van der Waals surface area contributed by atoms with Crippen LogP contribution in [0.25, 0.3) is 11.3 Å². The molecule has 0 saturated heterocycles. The van der Waals surface area contributed by atoms with E-state index >= 15 is 0 Å². The number of ether oxygens (including phenoxy) is 2. The summed E-state index contributed by atoms with van der Waals surface area (Å²) in [5.41, 5.74) is 7.44. The molecule has 0 radical (unpaired) electrons. The van der Waals surface area contributed by atoms with Crippen molar-refractivity contribution in [2.24, 2.45) is 7.05 Å². The summed E-state index contributed by atoms with van der Waals surface area (Å²) in [5.74, 6) is 0.570. The van der Waals surface area contributed by atoms with E-state index in [-0.39, 0.29) is 12.4 Å². The van der Waals surface area contributed by atoms with Crippen LogP contribution in [0.2, 0.25) is 0 Å². The van der Waals surface area contributed by atoms with E-state index in [1.54, 1.807) is 23.9 Å². The lowest BCUT2D eigenvalue weighted by molar-refractivity contribution is 0.178. The van der Waals surface area contributed by atoms with E-state index in [1.807, 2.05) is 0 Å². The second-order valence-electron chi connectivity index (χ2n) is 4.12. The van der Waals surface area contributed by atoms with Gasteiger partial charge in [-0.3, -0.25) is 4.68 Å². The number of nitrogens with two attached hydrogens (primary N) is 1. The first kappa shape index (κ1) is 13.4. The van der Waals surface area contributed by atoms with Crippen LogP contribution in [-0.4, -0.2) is 24.0 Å². The highest BCUT2D eigenvalue weighted by Gasteiger charge is 2.17. The highest BCUT2D eigenvalue weighted by atomic mass is 19.1. The third-order valence-electron chi connectivity index (χ3n) is 2.89. The minimum atomic E-state index is -0.369. The van der Waals surface area contributed by atoms with Crippen molar-refractivity contribution in [3.05, 3.63) is 29.6 Å². The number of hydrogen-bond acceptors (Lipinski definition) is 4. The fourth-order valence-electron chi connectivity index (χ4n) is 1.93. The Hall–Kier alpha value is -2.08. The van der Waals surface area contributed by atoms with Crippen molar-refractivity contribution in [2.45, 2.75) is 6.61 Å². The SMILES string of the molecule is COCc1c(F)ccc(-c2cc(N)n(C)n2)c1OC. The predicted octanol–water partition coefficient (Wildman–Crippen LogP) is 1.96. The summed E-state index contributed by atoms with van der Waals surface area (Å²) in [4.78, 5) is 0. The van der Waals surface area contributed by atoms with E-state index < -0.39 is 0 Å². The van der Waals surface area contributed by atoms with E-state index in [9.17, 15) is 4.39 Å². The van der Waals surface area contributed by atoms with E-state index in [1.165, 1.54) is 20.3 Å². The number of benzene rings is 1. The van der Waals surface area contributed by atoms with Crippen molar-refractivity contribution in [1.29, 1.82) is 0 Å². The average molecular weight is 265 g/mol. The Bertz CT molecular complexity index is 576. The first-order chi connectivity index (χ1) is 9.08. The molecular formula is C13H16FN3O2. The van der Waals surface area contributed by atoms with Crippen LogP contribution in [0, 0.1) is 5.82 Å². The van der Waals surface area contributed by atoms with Gasteiger partial charge in [-0.15, -0.1) is 0 Å². The maximum atomic E-state index is 13.8. The fourth-order valence-corrected chi connectivity index (χ4v) is 1.93. The molecule has 0 bridgehead atoms. The van der Waals surface area contributed by atoms with Gasteiger partial charge in [-0.2, -0.15) is 5.10 Å².